The van der Waals surface area contributed by atoms with Gasteiger partial charge in [-0.05, 0) is 36.5 Å². The van der Waals surface area contributed by atoms with Crippen molar-refractivity contribution in [1.82, 2.24) is 14.5 Å². The molecule has 0 saturated heterocycles. The monoisotopic (exact) mass is 535 g/mol. The van der Waals surface area contributed by atoms with Crippen LogP contribution in [0.1, 0.15) is 35.6 Å². The van der Waals surface area contributed by atoms with E-state index >= 15 is 4.39 Å². The van der Waals surface area contributed by atoms with Crippen LogP contribution in [0.4, 0.5) is 17.6 Å². The fraction of sp³-hybridized carbons (Fsp3) is 0.208. The Labute approximate surface area is 208 Å². The Balaban J connectivity index is 1.73. The molecule has 6 rings (SSSR count). The molecule has 36 heavy (non-hydrogen) atoms. The zero-order valence-corrected chi connectivity index (χ0v) is 19.6. The van der Waals surface area contributed by atoms with Crippen LogP contribution in [0.25, 0.3) is 31.7 Å². The Morgan fingerprint density at radius 1 is 1.22 bits per heavy atom. The molecule has 6 nitrogen and oxygen atoms in total. The minimum Gasteiger partial charge on any atom is -0.505 e. The van der Waals surface area contributed by atoms with Gasteiger partial charge in [-0.2, -0.15) is 13.2 Å². The number of alkyl halides is 3. The average Bonchev–Trinajstić information content (AvgIpc) is 3.40. The number of hydrogen-bond acceptors (Lipinski definition) is 6. The summed E-state index contributed by atoms with van der Waals surface area (Å²) >= 11 is 6.98. The average molecular weight is 536 g/mol. The molecule has 0 aliphatic heterocycles. The van der Waals surface area contributed by atoms with E-state index in [2.05, 4.69) is 9.97 Å². The van der Waals surface area contributed by atoms with Crippen LogP contribution in [-0.4, -0.2) is 19.6 Å². The van der Waals surface area contributed by atoms with Crippen molar-refractivity contribution in [3.63, 3.8) is 0 Å². The second kappa shape index (κ2) is 8.04. The number of hydrogen-bond donors (Lipinski definition) is 1. The summed E-state index contributed by atoms with van der Waals surface area (Å²) in [4.78, 5) is 22.3. The molecule has 1 N–H and O–H groups in total. The summed E-state index contributed by atoms with van der Waals surface area (Å²) < 4.78 is 63.3. The quantitative estimate of drug-likeness (QED) is 0.259. The molecule has 0 spiro atoms. The molecule has 1 saturated carbocycles. The van der Waals surface area contributed by atoms with Crippen molar-refractivity contribution < 1.29 is 27.1 Å². The Bertz CT molecular complexity index is 1720. The van der Waals surface area contributed by atoms with Gasteiger partial charge in [0.2, 0.25) is 0 Å². The Kier molecular flexibility index (Phi) is 5.13. The molecule has 3 aromatic heterocycles. The molecule has 0 radical (unpaired) electrons. The van der Waals surface area contributed by atoms with Crippen LogP contribution in [-0.2, 0) is 12.7 Å². The van der Waals surface area contributed by atoms with Gasteiger partial charge in [0.05, 0.1) is 39.0 Å². The van der Waals surface area contributed by atoms with Gasteiger partial charge in [-0.25, -0.2) is 14.4 Å². The van der Waals surface area contributed by atoms with Gasteiger partial charge in [0.15, 0.2) is 12.1 Å². The van der Waals surface area contributed by atoms with Crippen LogP contribution >= 0.6 is 22.9 Å². The number of nitrogens with zero attached hydrogens (tertiary/aromatic N) is 3. The maximum Gasteiger partial charge on any atom is 0.419 e. The smallest absolute Gasteiger partial charge is 0.419 e. The number of rotatable bonds is 4. The lowest BCUT2D eigenvalue weighted by Crippen LogP contribution is -2.24. The van der Waals surface area contributed by atoms with E-state index < -0.39 is 23.1 Å². The topological polar surface area (TPSA) is 81.2 Å². The molecule has 0 unspecified atom stereocenters. The van der Waals surface area contributed by atoms with Crippen molar-refractivity contribution in [2.45, 2.75) is 31.5 Å². The second-order valence-electron chi connectivity index (χ2n) is 8.51. The van der Waals surface area contributed by atoms with Crippen LogP contribution in [0, 0.1) is 5.82 Å². The van der Waals surface area contributed by atoms with E-state index in [4.69, 9.17) is 16.0 Å². The molecule has 1 fully saturated rings. The third-order valence-corrected chi connectivity index (χ3v) is 7.62. The van der Waals surface area contributed by atoms with E-state index in [0.717, 1.165) is 28.4 Å². The first-order chi connectivity index (χ1) is 17.1. The highest BCUT2D eigenvalue weighted by atomic mass is 35.5. The van der Waals surface area contributed by atoms with Crippen molar-refractivity contribution in [1.29, 1.82) is 0 Å². The van der Waals surface area contributed by atoms with E-state index in [0.29, 0.717) is 23.8 Å². The van der Waals surface area contributed by atoms with E-state index in [1.165, 1.54) is 18.3 Å². The zero-order chi connectivity index (χ0) is 25.4. The highest BCUT2D eigenvalue weighted by molar-refractivity contribution is 7.25. The summed E-state index contributed by atoms with van der Waals surface area (Å²) in [5.41, 5.74) is -2.09. The van der Waals surface area contributed by atoms with Gasteiger partial charge in [-0.1, -0.05) is 23.7 Å². The maximum atomic E-state index is 15.6. The standard InChI is InChI=1S/C24H14ClF4N3O3S/c25-15-6-4-13-17-22(36-20(13)19(15)33)31-21(32(23(17)34)8-11-7-30-9-35-11)16-12(10-1-2-10)3-5-14(18(16)26)24(27,28)29/h3-7,9-10,33H,1-2,8H2. The predicted octanol–water partition coefficient (Wildman–Crippen LogP) is 6.71. The third-order valence-electron chi connectivity index (χ3n) is 6.20. The van der Waals surface area contributed by atoms with Gasteiger partial charge in [0.25, 0.3) is 5.56 Å². The van der Waals surface area contributed by atoms with Gasteiger partial charge in [0, 0.05) is 5.39 Å². The highest BCUT2D eigenvalue weighted by Crippen LogP contribution is 2.48. The molecule has 184 valence electrons. The molecule has 0 amide bonds. The van der Waals surface area contributed by atoms with Crippen molar-refractivity contribution in [2.75, 3.05) is 0 Å². The molecule has 5 aromatic rings. The van der Waals surface area contributed by atoms with Crippen molar-refractivity contribution >= 4 is 43.2 Å². The van der Waals surface area contributed by atoms with Crippen LogP contribution < -0.4 is 5.56 Å². The lowest BCUT2D eigenvalue weighted by atomic mass is 9.98. The summed E-state index contributed by atoms with van der Waals surface area (Å²) in [6, 6.07) is 4.96. The van der Waals surface area contributed by atoms with Crippen LogP contribution in [0.5, 0.6) is 5.75 Å². The zero-order valence-electron chi connectivity index (χ0n) is 18.1. The fourth-order valence-corrected chi connectivity index (χ4v) is 5.69. The molecule has 0 atom stereocenters. The van der Waals surface area contributed by atoms with Gasteiger partial charge in [0.1, 0.15) is 22.2 Å². The number of aromatic hydroxyl groups is 1. The molecule has 1 aliphatic carbocycles. The molecule has 1 aliphatic rings. The number of thiophene rings is 1. The minimum atomic E-state index is -4.94. The van der Waals surface area contributed by atoms with Crippen molar-refractivity contribution in [3.05, 3.63) is 74.9 Å². The maximum absolute atomic E-state index is 15.6. The number of phenolic OH excluding ortho intramolecular Hbond substituents is 1. The first kappa shape index (κ1) is 23.0. The summed E-state index contributed by atoms with van der Waals surface area (Å²) in [5, 5.41) is 11.0. The van der Waals surface area contributed by atoms with E-state index in [1.807, 2.05) is 0 Å². The third kappa shape index (κ3) is 3.56. The Morgan fingerprint density at radius 3 is 2.67 bits per heavy atom. The normalized spacial score (nSPS) is 14.2. The molecule has 0 bridgehead atoms. The van der Waals surface area contributed by atoms with E-state index in [-0.39, 0.29) is 55.3 Å². The first-order valence-electron chi connectivity index (χ1n) is 10.8. The summed E-state index contributed by atoms with van der Waals surface area (Å²) in [6.07, 6.45) is -1.08. The number of oxazole rings is 1. The van der Waals surface area contributed by atoms with Gasteiger partial charge in [-0.3, -0.25) is 9.36 Å². The molecular formula is C24H14ClF4N3O3S. The number of aromatic nitrogens is 3. The van der Waals surface area contributed by atoms with Gasteiger partial charge < -0.3 is 9.52 Å². The number of benzene rings is 2. The molecule has 12 heteroatoms. The van der Waals surface area contributed by atoms with Crippen LogP contribution in [0.15, 0.2) is 46.1 Å². The van der Waals surface area contributed by atoms with Crippen LogP contribution in [0.2, 0.25) is 5.02 Å². The summed E-state index contributed by atoms with van der Waals surface area (Å²) in [5.74, 6) is -1.91. The Hall–Kier alpha value is -3.44. The predicted molar refractivity (Wildman–Crippen MR) is 126 cm³/mol. The number of fused-ring (bicyclic) bond motifs is 3. The molecule has 3 heterocycles. The summed E-state index contributed by atoms with van der Waals surface area (Å²) in [7, 11) is 0. The van der Waals surface area contributed by atoms with Gasteiger partial charge in [-0.15, -0.1) is 11.3 Å². The molecular weight excluding hydrogens is 522 g/mol. The SMILES string of the molecule is O=c1c2c(nc(-c3c(C4CC4)ccc(C(F)(F)F)c3F)n1Cc1cnco1)sc1c(O)c(Cl)ccc12. The fourth-order valence-electron chi connectivity index (χ4n) is 4.37. The minimum absolute atomic E-state index is 0.0659. The van der Waals surface area contributed by atoms with Crippen LogP contribution in [0.3, 0.4) is 0 Å². The lowest BCUT2D eigenvalue weighted by molar-refractivity contribution is -0.139. The summed E-state index contributed by atoms with van der Waals surface area (Å²) in [6.45, 7) is -0.242. The van der Waals surface area contributed by atoms with E-state index in [9.17, 15) is 23.1 Å². The van der Waals surface area contributed by atoms with Crippen molar-refractivity contribution in [2.24, 2.45) is 0 Å². The number of halogens is 5. The van der Waals surface area contributed by atoms with E-state index in [1.54, 1.807) is 6.07 Å². The second-order valence-corrected chi connectivity index (χ2v) is 9.92. The largest absolute Gasteiger partial charge is 0.505 e. The first-order valence-corrected chi connectivity index (χ1v) is 12.0. The lowest BCUT2D eigenvalue weighted by Gasteiger charge is -2.18. The molecule has 2 aromatic carbocycles. The van der Waals surface area contributed by atoms with Crippen molar-refractivity contribution in [3.8, 4) is 17.1 Å². The Morgan fingerprint density at radius 2 is 2.00 bits per heavy atom. The van der Waals surface area contributed by atoms with Gasteiger partial charge >= 0.3 is 6.18 Å². The highest BCUT2D eigenvalue weighted by Gasteiger charge is 2.39. The number of phenols is 1.